The molecule has 1 saturated carbocycles. The van der Waals surface area contributed by atoms with Gasteiger partial charge >= 0.3 is 0 Å². The fourth-order valence-electron chi connectivity index (χ4n) is 3.82. The molecule has 2 heterocycles. The highest BCUT2D eigenvalue weighted by Gasteiger charge is 2.58. The molecular formula is C18H25F2N5O2. The van der Waals surface area contributed by atoms with Gasteiger partial charge < -0.3 is 15.5 Å². The van der Waals surface area contributed by atoms with Crippen LogP contribution in [0.2, 0.25) is 0 Å². The van der Waals surface area contributed by atoms with E-state index in [1.54, 1.807) is 6.92 Å². The number of carbonyl (C=O) groups excluding carboxylic acids is 2. The number of rotatable bonds is 4. The Balaban J connectivity index is 1.69. The lowest BCUT2D eigenvalue weighted by Gasteiger charge is -2.43. The predicted molar refractivity (Wildman–Crippen MR) is 95.9 cm³/mol. The molecule has 0 bridgehead atoms. The summed E-state index contributed by atoms with van der Waals surface area (Å²) in [7, 11) is 1.52. The Labute approximate surface area is 156 Å². The molecule has 27 heavy (non-hydrogen) atoms. The number of nitrogens with zero attached hydrogens (tertiary/aromatic N) is 3. The molecule has 0 spiro atoms. The largest absolute Gasteiger partial charge is 0.354 e. The molecule has 3 rings (SSSR count). The number of halogens is 2. The third-order valence-corrected chi connectivity index (χ3v) is 5.46. The fourth-order valence-corrected chi connectivity index (χ4v) is 3.82. The van der Waals surface area contributed by atoms with Crippen molar-refractivity contribution >= 4 is 17.6 Å². The molecule has 1 aliphatic heterocycles. The average molecular weight is 381 g/mol. The lowest BCUT2D eigenvalue weighted by molar-refractivity contribution is -0.174. The summed E-state index contributed by atoms with van der Waals surface area (Å²) in [6, 6.07) is -0.137. The van der Waals surface area contributed by atoms with Crippen molar-refractivity contribution in [2.75, 3.05) is 25.0 Å². The second kappa shape index (κ2) is 6.69. The molecule has 1 aromatic rings. The number of anilines is 1. The van der Waals surface area contributed by atoms with Gasteiger partial charge in [0.2, 0.25) is 17.7 Å². The number of aromatic nitrogens is 2. The van der Waals surface area contributed by atoms with Crippen LogP contribution in [0.3, 0.4) is 0 Å². The Bertz CT molecular complexity index is 775. The van der Waals surface area contributed by atoms with Crippen LogP contribution in [0.1, 0.15) is 48.1 Å². The number of amides is 2. The first-order chi connectivity index (χ1) is 12.5. The van der Waals surface area contributed by atoms with E-state index < -0.39 is 24.2 Å². The summed E-state index contributed by atoms with van der Waals surface area (Å²) >= 11 is 0. The molecule has 1 aliphatic carbocycles. The predicted octanol–water partition coefficient (Wildman–Crippen LogP) is 1.58. The lowest BCUT2D eigenvalue weighted by atomic mass is 9.67. The molecule has 1 saturated heterocycles. The first-order valence-corrected chi connectivity index (χ1v) is 9.06. The van der Waals surface area contributed by atoms with Gasteiger partial charge in [0.25, 0.3) is 5.91 Å². The SMILES string of the molecule is CNC(=O)c1nc(C)c(C)c(N2CC[C@@H](NC(=O)C3(C)CC(F)(F)C3)C2)n1. The van der Waals surface area contributed by atoms with Gasteiger partial charge in [-0.2, -0.15) is 0 Å². The van der Waals surface area contributed by atoms with Gasteiger partial charge in [0.15, 0.2) is 0 Å². The van der Waals surface area contributed by atoms with E-state index in [4.69, 9.17) is 0 Å². The fraction of sp³-hybridized carbons (Fsp3) is 0.667. The van der Waals surface area contributed by atoms with Gasteiger partial charge in [0, 0.05) is 50.3 Å². The van der Waals surface area contributed by atoms with Crippen LogP contribution < -0.4 is 15.5 Å². The smallest absolute Gasteiger partial charge is 0.288 e. The number of carbonyl (C=O) groups is 2. The minimum Gasteiger partial charge on any atom is -0.354 e. The molecule has 0 radical (unpaired) electrons. The van der Waals surface area contributed by atoms with E-state index in [9.17, 15) is 18.4 Å². The van der Waals surface area contributed by atoms with Crippen molar-refractivity contribution in [3.8, 4) is 0 Å². The van der Waals surface area contributed by atoms with E-state index in [2.05, 4.69) is 20.6 Å². The van der Waals surface area contributed by atoms with E-state index in [0.29, 0.717) is 25.3 Å². The average Bonchev–Trinajstić information content (AvgIpc) is 3.02. The summed E-state index contributed by atoms with van der Waals surface area (Å²) in [6.07, 6.45) is -0.111. The molecule has 0 aromatic carbocycles. The minimum absolute atomic E-state index is 0.104. The first-order valence-electron chi connectivity index (χ1n) is 9.06. The van der Waals surface area contributed by atoms with E-state index in [0.717, 1.165) is 11.3 Å². The molecule has 0 unspecified atom stereocenters. The van der Waals surface area contributed by atoms with E-state index in [1.165, 1.54) is 7.05 Å². The highest BCUT2D eigenvalue weighted by molar-refractivity contribution is 5.90. The van der Waals surface area contributed by atoms with Gasteiger partial charge in [0.05, 0.1) is 5.41 Å². The molecule has 2 aliphatic rings. The quantitative estimate of drug-likeness (QED) is 0.827. The third-order valence-electron chi connectivity index (χ3n) is 5.46. The molecule has 2 N–H and O–H groups in total. The Morgan fingerprint density at radius 1 is 1.22 bits per heavy atom. The van der Waals surface area contributed by atoms with Crippen molar-refractivity contribution in [1.29, 1.82) is 0 Å². The van der Waals surface area contributed by atoms with Crippen LogP contribution in [0, 0.1) is 19.3 Å². The maximum atomic E-state index is 13.2. The Morgan fingerprint density at radius 2 is 1.89 bits per heavy atom. The van der Waals surface area contributed by atoms with Crippen molar-refractivity contribution in [2.24, 2.45) is 5.41 Å². The van der Waals surface area contributed by atoms with Gasteiger partial charge in [0.1, 0.15) is 5.82 Å². The summed E-state index contributed by atoms with van der Waals surface area (Å²) in [4.78, 5) is 34.9. The van der Waals surface area contributed by atoms with Crippen molar-refractivity contribution in [3.63, 3.8) is 0 Å². The monoisotopic (exact) mass is 381 g/mol. The van der Waals surface area contributed by atoms with Gasteiger partial charge in [-0.25, -0.2) is 18.7 Å². The maximum absolute atomic E-state index is 13.2. The Morgan fingerprint density at radius 3 is 2.48 bits per heavy atom. The molecular weight excluding hydrogens is 356 g/mol. The number of alkyl halides is 2. The number of hydrogen-bond donors (Lipinski definition) is 2. The molecule has 1 atom stereocenters. The van der Waals surface area contributed by atoms with Gasteiger partial charge in [-0.05, 0) is 20.3 Å². The molecule has 7 nitrogen and oxygen atoms in total. The van der Waals surface area contributed by atoms with E-state index in [1.807, 2.05) is 18.7 Å². The van der Waals surface area contributed by atoms with Crippen molar-refractivity contribution in [2.45, 2.75) is 52.0 Å². The van der Waals surface area contributed by atoms with Gasteiger partial charge in [-0.15, -0.1) is 0 Å². The Kier molecular flexibility index (Phi) is 4.81. The summed E-state index contributed by atoms with van der Waals surface area (Å²) in [5.41, 5.74) is 0.598. The minimum atomic E-state index is -2.74. The molecule has 148 valence electrons. The van der Waals surface area contributed by atoms with Crippen LogP contribution in [0.25, 0.3) is 0 Å². The zero-order valence-electron chi connectivity index (χ0n) is 16.0. The van der Waals surface area contributed by atoms with Crippen LogP contribution in [-0.4, -0.2) is 53.9 Å². The van der Waals surface area contributed by atoms with E-state index in [-0.39, 0.29) is 23.7 Å². The second-order valence-corrected chi connectivity index (χ2v) is 7.84. The first kappa shape index (κ1) is 19.4. The molecule has 1 aromatic heterocycles. The van der Waals surface area contributed by atoms with Crippen molar-refractivity contribution < 1.29 is 18.4 Å². The normalized spacial score (nSPS) is 22.9. The van der Waals surface area contributed by atoms with Crippen LogP contribution in [0.5, 0.6) is 0 Å². The summed E-state index contributed by atoms with van der Waals surface area (Å²) in [5.74, 6) is -2.64. The zero-order valence-corrected chi connectivity index (χ0v) is 16.0. The maximum Gasteiger partial charge on any atom is 0.288 e. The van der Waals surface area contributed by atoms with E-state index >= 15 is 0 Å². The van der Waals surface area contributed by atoms with Gasteiger partial charge in [-0.1, -0.05) is 6.92 Å². The number of hydrogen-bond acceptors (Lipinski definition) is 5. The number of aryl methyl sites for hydroxylation is 1. The highest BCUT2D eigenvalue weighted by atomic mass is 19.3. The highest BCUT2D eigenvalue weighted by Crippen LogP contribution is 2.51. The third kappa shape index (κ3) is 3.72. The summed E-state index contributed by atoms with van der Waals surface area (Å²) in [5, 5.41) is 5.42. The van der Waals surface area contributed by atoms with Crippen LogP contribution >= 0.6 is 0 Å². The number of nitrogens with one attached hydrogen (secondary N) is 2. The van der Waals surface area contributed by atoms with Crippen molar-refractivity contribution in [1.82, 2.24) is 20.6 Å². The van der Waals surface area contributed by atoms with Crippen LogP contribution in [0.4, 0.5) is 14.6 Å². The standard InChI is InChI=1S/C18H25F2N5O2/c1-10-11(2)22-13(15(26)21-4)24-14(10)25-6-5-12(7-25)23-16(27)17(3)8-18(19,20)9-17/h12H,5-9H2,1-4H3,(H,21,26)(H,23,27)/t12-/m1/s1. The zero-order chi connectivity index (χ0) is 20.0. The Hall–Kier alpha value is -2.32. The summed E-state index contributed by atoms with van der Waals surface area (Å²) < 4.78 is 26.3. The molecule has 2 fully saturated rings. The summed E-state index contributed by atoms with van der Waals surface area (Å²) in [6.45, 7) is 6.46. The lowest BCUT2D eigenvalue weighted by Crippen LogP contribution is -2.55. The molecule has 9 heteroatoms. The van der Waals surface area contributed by atoms with Crippen LogP contribution in [0.15, 0.2) is 0 Å². The van der Waals surface area contributed by atoms with Crippen LogP contribution in [-0.2, 0) is 4.79 Å². The van der Waals surface area contributed by atoms with Crippen molar-refractivity contribution in [3.05, 3.63) is 17.1 Å². The topological polar surface area (TPSA) is 87.2 Å². The second-order valence-electron chi connectivity index (χ2n) is 7.84. The van der Waals surface area contributed by atoms with Gasteiger partial charge in [-0.3, -0.25) is 9.59 Å². The molecule has 2 amide bonds.